The van der Waals surface area contributed by atoms with Crippen LogP contribution in [0.25, 0.3) is 0 Å². The van der Waals surface area contributed by atoms with Gasteiger partial charge in [0.05, 0.1) is 0 Å². The number of likely N-dealkylation sites (N-methyl/N-ethyl adjacent to an activating group) is 1. The quantitative estimate of drug-likeness (QED) is 0.859. The Bertz CT molecular complexity index is 362. The van der Waals surface area contributed by atoms with Gasteiger partial charge in [-0.3, -0.25) is 4.90 Å². The van der Waals surface area contributed by atoms with Crippen LogP contribution in [-0.4, -0.2) is 30.1 Å². The van der Waals surface area contributed by atoms with E-state index in [1.165, 1.54) is 38.0 Å². The van der Waals surface area contributed by atoms with Gasteiger partial charge in [-0.25, -0.2) is 0 Å². The molecule has 2 aliphatic heterocycles. The molecule has 1 N–H and O–H groups in total. The summed E-state index contributed by atoms with van der Waals surface area (Å²) in [5.74, 6) is 0.918. The average molecular weight is 230 g/mol. The Labute approximate surface area is 104 Å². The van der Waals surface area contributed by atoms with Crippen LogP contribution in [-0.2, 0) is 0 Å². The van der Waals surface area contributed by atoms with Gasteiger partial charge in [0.15, 0.2) is 0 Å². The molecule has 17 heavy (non-hydrogen) atoms. The number of nitrogens with zero attached hydrogens (tertiary/aromatic N) is 1. The smallest absolute Gasteiger partial charge is 0.0419 e. The lowest BCUT2D eigenvalue weighted by Gasteiger charge is -2.50. The minimum atomic E-state index is 0.657. The summed E-state index contributed by atoms with van der Waals surface area (Å²) < 4.78 is 0. The summed E-state index contributed by atoms with van der Waals surface area (Å²) in [6.45, 7) is 4.82. The topological polar surface area (TPSA) is 15.3 Å². The molecule has 3 fully saturated rings. The van der Waals surface area contributed by atoms with Gasteiger partial charge in [-0.1, -0.05) is 25.1 Å². The Hall–Kier alpha value is -1.02. The molecule has 2 heterocycles. The predicted molar refractivity (Wildman–Crippen MR) is 72.2 cm³/mol. The Morgan fingerprint density at radius 2 is 2.06 bits per heavy atom. The van der Waals surface area contributed by atoms with Crippen molar-refractivity contribution in [3.05, 3.63) is 30.3 Å². The van der Waals surface area contributed by atoms with Gasteiger partial charge in [-0.2, -0.15) is 0 Å². The molecule has 0 spiro atoms. The number of fused-ring (bicyclic) bond motifs is 3. The number of anilines is 1. The molecule has 2 bridgehead atoms. The van der Waals surface area contributed by atoms with Gasteiger partial charge in [-0.15, -0.1) is 0 Å². The third-order valence-electron chi connectivity index (χ3n) is 4.42. The molecule has 1 aromatic rings. The molecular weight excluding hydrogens is 208 g/mol. The molecule has 3 atom stereocenters. The van der Waals surface area contributed by atoms with E-state index in [1.807, 2.05) is 0 Å². The normalized spacial score (nSPS) is 32.6. The highest BCUT2D eigenvalue weighted by molar-refractivity contribution is 5.44. The van der Waals surface area contributed by atoms with E-state index in [1.54, 1.807) is 0 Å². The molecule has 1 aliphatic carbocycles. The van der Waals surface area contributed by atoms with E-state index in [9.17, 15) is 0 Å². The minimum Gasteiger partial charge on any atom is -0.381 e. The van der Waals surface area contributed by atoms with Crippen LogP contribution < -0.4 is 5.32 Å². The zero-order valence-electron chi connectivity index (χ0n) is 10.6. The number of nitrogens with one attached hydrogen (secondary N) is 1. The fourth-order valence-corrected chi connectivity index (χ4v) is 3.58. The van der Waals surface area contributed by atoms with Crippen molar-refractivity contribution in [1.29, 1.82) is 0 Å². The molecule has 1 aromatic carbocycles. The van der Waals surface area contributed by atoms with Crippen molar-refractivity contribution in [1.82, 2.24) is 4.90 Å². The molecule has 0 aromatic heterocycles. The second kappa shape index (κ2) is 4.69. The van der Waals surface area contributed by atoms with Crippen LogP contribution in [0.2, 0.25) is 0 Å². The number of rotatable bonds is 3. The maximum Gasteiger partial charge on any atom is 0.0419 e. The van der Waals surface area contributed by atoms with Gasteiger partial charge >= 0.3 is 0 Å². The number of benzene rings is 1. The van der Waals surface area contributed by atoms with Crippen molar-refractivity contribution in [2.45, 2.75) is 38.3 Å². The third kappa shape index (κ3) is 2.19. The minimum absolute atomic E-state index is 0.657. The molecule has 3 unspecified atom stereocenters. The second-order valence-corrected chi connectivity index (χ2v) is 5.45. The van der Waals surface area contributed by atoms with Crippen molar-refractivity contribution >= 4 is 5.69 Å². The van der Waals surface area contributed by atoms with Crippen LogP contribution in [0.1, 0.15) is 26.2 Å². The number of piperidine rings is 2. The first-order valence-corrected chi connectivity index (χ1v) is 6.92. The Morgan fingerprint density at radius 3 is 2.76 bits per heavy atom. The van der Waals surface area contributed by atoms with Crippen LogP contribution in [0.3, 0.4) is 0 Å². The Balaban J connectivity index is 1.72. The monoisotopic (exact) mass is 230 g/mol. The molecule has 4 rings (SSSR count). The second-order valence-electron chi connectivity index (χ2n) is 5.45. The molecular formula is C15H22N2. The molecule has 2 heteroatoms. The summed E-state index contributed by atoms with van der Waals surface area (Å²) >= 11 is 0. The lowest BCUT2D eigenvalue weighted by atomic mass is 9.76. The molecule has 92 valence electrons. The lowest BCUT2D eigenvalue weighted by molar-refractivity contribution is 0.0431. The lowest BCUT2D eigenvalue weighted by Crippen LogP contribution is -2.57. The zero-order valence-corrected chi connectivity index (χ0v) is 10.6. The first-order valence-electron chi connectivity index (χ1n) is 6.92. The van der Waals surface area contributed by atoms with Gasteiger partial charge in [-0.05, 0) is 43.9 Å². The van der Waals surface area contributed by atoms with E-state index >= 15 is 0 Å². The Morgan fingerprint density at radius 1 is 1.24 bits per heavy atom. The van der Waals surface area contributed by atoms with Crippen LogP contribution in [0.5, 0.6) is 0 Å². The molecule has 0 radical (unpaired) electrons. The third-order valence-corrected chi connectivity index (χ3v) is 4.42. The van der Waals surface area contributed by atoms with Gasteiger partial charge in [0.25, 0.3) is 0 Å². The molecule has 3 aliphatic rings. The maximum atomic E-state index is 3.73. The summed E-state index contributed by atoms with van der Waals surface area (Å²) in [5, 5.41) is 3.73. The molecule has 0 amide bonds. The van der Waals surface area contributed by atoms with E-state index in [2.05, 4.69) is 47.5 Å². The van der Waals surface area contributed by atoms with Crippen molar-refractivity contribution in [3.63, 3.8) is 0 Å². The van der Waals surface area contributed by atoms with E-state index in [0.29, 0.717) is 6.04 Å². The van der Waals surface area contributed by atoms with E-state index in [0.717, 1.165) is 12.0 Å². The van der Waals surface area contributed by atoms with Crippen molar-refractivity contribution in [3.8, 4) is 0 Å². The van der Waals surface area contributed by atoms with Gasteiger partial charge in [0.2, 0.25) is 0 Å². The van der Waals surface area contributed by atoms with Gasteiger partial charge < -0.3 is 5.32 Å². The highest BCUT2D eigenvalue weighted by atomic mass is 15.2. The zero-order chi connectivity index (χ0) is 11.7. The SMILES string of the molecule is CCN1CC2CCC1C(Nc1ccccc1)C2. The number of para-hydroxylation sites is 1. The fraction of sp³-hybridized carbons (Fsp3) is 0.600. The van der Waals surface area contributed by atoms with Crippen LogP contribution >= 0.6 is 0 Å². The largest absolute Gasteiger partial charge is 0.381 e. The summed E-state index contributed by atoms with van der Waals surface area (Å²) in [6.07, 6.45) is 4.17. The first-order chi connectivity index (χ1) is 8.36. The van der Waals surface area contributed by atoms with E-state index in [4.69, 9.17) is 0 Å². The highest BCUT2D eigenvalue weighted by Crippen LogP contribution is 2.36. The van der Waals surface area contributed by atoms with Gasteiger partial charge in [0.1, 0.15) is 0 Å². The molecule has 2 nitrogen and oxygen atoms in total. The summed E-state index contributed by atoms with van der Waals surface area (Å²) in [7, 11) is 0. The molecule has 1 saturated carbocycles. The van der Waals surface area contributed by atoms with Crippen molar-refractivity contribution < 1.29 is 0 Å². The van der Waals surface area contributed by atoms with Crippen LogP contribution in [0, 0.1) is 5.92 Å². The summed E-state index contributed by atoms with van der Waals surface area (Å²) in [5.41, 5.74) is 1.28. The Kier molecular flexibility index (Phi) is 3.06. The molecule has 2 saturated heterocycles. The van der Waals surface area contributed by atoms with E-state index < -0.39 is 0 Å². The predicted octanol–water partition coefficient (Wildman–Crippen LogP) is 2.97. The standard InChI is InChI=1S/C15H22N2/c1-2-17-11-12-8-9-15(17)14(10-12)16-13-6-4-3-5-7-13/h3-7,12,14-16H,2,8-11H2,1H3. The maximum absolute atomic E-state index is 3.73. The van der Waals surface area contributed by atoms with Gasteiger partial charge in [0, 0.05) is 24.3 Å². The summed E-state index contributed by atoms with van der Waals surface area (Å²) in [6, 6.07) is 12.1. The van der Waals surface area contributed by atoms with E-state index in [-0.39, 0.29) is 0 Å². The highest BCUT2D eigenvalue weighted by Gasteiger charge is 2.39. The van der Waals surface area contributed by atoms with Crippen molar-refractivity contribution in [2.24, 2.45) is 5.92 Å². The van der Waals surface area contributed by atoms with Crippen LogP contribution in [0.4, 0.5) is 5.69 Å². The number of hydrogen-bond acceptors (Lipinski definition) is 2. The number of hydrogen-bond donors (Lipinski definition) is 1. The fourth-order valence-electron chi connectivity index (χ4n) is 3.58. The van der Waals surface area contributed by atoms with Crippen LogP contribution in [0.15, 0.2) is 30.3 Å². The summed E-state index contributed by atoms with van der Waals surface area (Å²) in [4.78, 5) is 2.66. The first kappa shape index (κ1) is 11.1. The average Bonchev–Trinajstić information content (AvgIpc) is 2.40. The van der Waals surface area contributed by atoms with Crippen molar-refractivity contribution in [2.75, 3.05) is 18.4 Å².